The fraction of sp³-hybridized carbons (Fsp3) is 1.00. The van der Waals surface area contributed by atoms with E-state index in [9.17, 15) is 8.42 Å². The highest BCUT2D eigenvalue weighted by Gasteiger charge is 2.26. The first kappa shape index (κ1) is 16.9. The summed E-state index contributed by atoms with van der Waals surface area (Å²) in [6, 6.07) is 0. The second-order valence-electron chi connectivity index (χ2n) is 7.55. The molecule has 0 atom stereocenters. The van der Waals surface area contributed by atoms with Crippen LogP contribution in [0.1, 0.15) is 41.0 Å². The molecular weight excluding hydrogens is 260 g/mol. The minimum atomic E-state index is -2.80. The maximum Gasteiger partial charge on any atom is 0.151 e. The van der Waals surface area contributed by atoms with Crippen LogP contribution in [0.15, 0.2) is 0 Å². The van der Waals surface area contributed by atoms with Crippen LogP contribution in [0.2, 0.25) is 0 Å². The monoisotopic (exact) mass is 290 g/mol. The Morgan fingerprint density at radius 3 is 2.26 bits per heavy atom. The van der Waals surface area contributed by atoms with Gasteiger partial charge >= 0.3 is 0 Å². The van der Waals surface area contributed by atoms with Gasteiger partial charge in [0.15, 0.2) is 9.84 Å². The molecule has 19 heavy (non-hydrogen) atoms. The molecule has 0 aromatic heterocycles. The van der Waals surface area contributed by atoms with Crippen LogP contribution in [0, 0.1) is 5.41 Å². The van der Waals surface area contributed by atoms with Gasteiger partial charge < -0.3 is 10.2 Å². The van der Waals surface area contributed by atoms with Gasteiger partial charge in [-0.25, -0.2) is 8.42 Å². The molecule has 4 nitrogen and oxygen atoms in total. The Morgan fingerprint density at radius 1 is 1.05 bits per heavy atom. The quantitative estimate of drug-likeness (QED) is 0.853. The number of hydrogen-bond acceptors (Lipinski definition) is 4. The summed E-state index contributed by atoms with van der Waals surface area (Å²) in [5.74, 6) is 0.667. The van der Waals surface area contributed by atoms with Gasteiger partial charge in [0.25, 0.3) is 0 Å². The Hall–Kier alpha value is -0.130. The van der Waals surface area contributed by atoms with E-state index in [-0.39, 0.29) is 11.0 Å². The lowest BCUT2D eigenvalue weighted by molar-refractivity contribution is 0.174. The average molecular weight is 290 g/mol. The van der Waals surface area contributed by atoms with Gasteiger partial charge in [-0.1, -0.05) is 13.8 Å². The lowest BCUT2D eigenvalue weighted by Crippen LogP contribution is -2.46. The van der Waals surface area contributed by atoms with Crippen molar-refractivity contribution in [1.29, 1.82) is 0 Å². The molecule has 0 aromatic carbocycles. The predicted molar refractivity (Wildman–Crippen MR) is 81.2 cm³/mol. The number of nitrogens with zero attached hydrogens (tertiary/aromatic N) is 1. The van der Waals surface area contributed by atoms with Crippen LogP contribution in [-0.2, 0) is 9.84 Å². The first-order valence-corrected chi connectivity index (χ1v) is 8.99. The number of hydrogen-bond donors (Lipinski definition) is 1. The van der Waals surface area contributed by atoms with E-state index in [0.29, 0.717) is 18.1 Å². The molecule has 5 heteroatoms. The molecule has 0 unspecified atom stereocenters. The topological polar surface area (TPSA) is 49.4 Å². The van der Waals surface area contributed by atoms with Gasteiger partial charge in [0.1, 0.15) is 0 Å². The zero-order valence-electron chi connectivity index (χ0n) is 13.1. The van der Waals surface area contributed by atoms with Crippen molar-refractivity contribution in [3.8, 4) is 0 Å². The van der Waals surface area contributed by atoms with E-state index in [1.54, 1.807) is 0 Å². The van der Waals surface area contributed by atoms with E-state index < -0.39 is 9.84 Å². The fourth-order valence-electron chi connectivity index (χ4n) is 2.31. The fourth-order valence-corrected chi connectivity index (χ4v) is 3.62. The van der Waals surface area contributed by atoms with Crippen LogP contribution in [0.25, 0.3) is 0 Å². The first-order valence-electron chi connectivity index (χ1n) is 7.17. The Labute approximate surface area is 118 Å². The van der Waals surface area contributed by atoms with Crippen molar-refractivity contribution in [2.24, 2.45) is 5.41 Å². The normalized spacial score (nSPS) is 22.2. The van der Waals surface area contributed by atoms with E-state index >= 15 is 0 Å². The van der Waals surface area contributed by atoms with E-state index in [2.05, 4.69) is 44.8 Å². The van der Waals surface area contributed by atoms with Crippen LogP contribution >= 0.6 is 0 Å². The van der Waals surface area contributed by atoms with Gasteiger partial charge in [-0.05, 0) is 39.2 Å². The van der Waals surface area contributed by atoms with Gasteiger partial charge in [0, 0.05) is 25.2 Å². The maximum absolute atomic E-state index is 11.6. The number of rotatable bonds is 4. The lowest BCUT2D eigenvalue weighted by atomic mass is 9.91. The second kappa shape index (κ2) is 6.10. The smallest absolute Gasteiger partial charge is 0.151 e. The zero-order chi connectivity index (χ0) is 14.7. The third-order valence-corrected chi connectivity index (χ3v) is 5.11. The molecule has 0 bridgehead atoms. The van der Waals surface area contributed by atoms with Crippen LogP contribution < -0.4 is 5.32 Å². The Morgan fingerprint density at radius 2 is 1.68 bits per heavy atom. The minimum absolute atomic E-state index is 0.124. The highest BCUT2D eigenvalue weighted by molar-refractivity contribution is 7.91. The van der Waals surface area contributed by atoms with E-state index in [1.165, 1.54) is 0 Å². The van der Waals surface area contributed by atoms with Crippen LogP contribution in [0.3, 0.4) is 0 Å². The molecule has 0 radical (unpaired) electrons. The Kier molecular flexibility index (Phi) is 5.43. The molecule has 0 aliphatic carbocycles. The highest BCUT2D eigenvalue weighted by Crippen LogP contribution is 2.19. The summed E-state index contributed by atoms with van der Waals surface area (Å²) >= 11 is 0. The molecule has 0 amide bonds. The summed E-state index contributed by atoms with van der Waals surface area (Å²) in [5.41, 5.74) is 0.279. The molecular formula is C14H30N2O2S. The molecule has 1 aliphatic heterocycles. The molecule has 1 fully saturated rings. The summed E-state index contributed by atoms with van der Waals surface area (Å²) in [6.07, 6.45) is 0.769. The van der Waals surface area contributed by atoms with Crippen LogP contribution in [0.5, 0.6) is 0 Å². The molecule has 114 valence electrons. The van der Waals surface area contributed by atoms with Crippen LogP contribution in [-0.4, -0.2) is 56.5 Å². The lowest BCUT2D eigenvalue weighted by Gasteiger charge is -2.34. The first-order chi connectivity index (χ1) is 8.49. The standard InChI is InChI=1S/C14H30N2O2S/c1-13(2,3)15-11-14(4,5)12-16-7-6-9-19(17,18)10-8-16/h15H,6-12H2,1-5H3. The highest BCUT2D eigenvalue weighted by atomic mass is 32.2. The summed E-state index contributed by atoms with van der Waals surface area (Å²) in [5, 5.41) is 3.54. The molecule has 0 aromatic rings. The summed E-state index contributed by atoms with van der Waals surface area (Å²) in [6.45, 7) is 14.5. The summed E-state index contributed by atoms with van der Waals surface area (Å²) < 4.78 is 23.2. The molecule has 1 heterocycles. The van der Waals surface area contributed by atoms with E-state index in [1.807, 2.05) is 0 Å². The van der Waals surface area contributed by atoms with Crippen molar-refractivity contribution in [3.63, 3.8) is 0 Å². The average Bonchev–Trinajstić information content (AvgIpc) is 2.37. The second-order valence-corrected chi connectivity index (χ2v) is 9.85. The SMILES string of the molecule is CC(C)(CNC(C)(C)C)CN1CCCS(=O)(=O)CC1. The van der Waals surface area contributed by atoms with Crippen molar-refractivity contribution in [2.75, 3.05) is 37.7 Å². The Bertz CT molecular complexity index is 383. The van der Waals surface area contributed by atoms with Gasteiger partial charge in [0.05, 0.1) is 11.5 Å². The van der Waals surface area contributed by atoms with Gasteiger partial charge in [-0.2, -0.15) is 0 Å². The summed E-state index contributed by atoms with van der Waals surface area (Å²) in [4.78, 5) is 2.30. The molecule has 0 spiro atoms. The molecule has 1 rings (SSSR count). The van der Waals surface area contributed by atoms with Crippen LogP contribution in [0.4, 0.5) is 0 Å². The van der Waals surface area contributed by atoms with Gasteiger partial charge in [-0.15, -0.1) is 0 Å². The van der Waals surface area contributed by atoms with E-state index in [4.69, 9.17) is 0 Å². The third kappa shape index (κ3) is 7.28. The molecule has 1 aliphatic rings. The van der Waals surface area contributed by atoms with Gasteiger partial charge in [-0.3, -0.25) is 0 Å². The van der Waals surface area contributed by atoms with Gasteiger partial charge in [0.2, 0.25) is 0 Å². The largest absolute Gasteiger partial charge is 0.311 e. The maximum atomic E-state index is 11.6. The molecule has 1 saturated heterocycles. The molecule has 1 N–H and O–H groups in total. The van der Waals surface area contributed by atoms with Crippen molar-refractivity contribution >= 4 is 9.84 Å². The Balaban J connectivity index is 2.48. The number of sulfone groups is 1. The summed E-state index contributed by atoms with van der Waals surface area (Å²) in [7, 11) is -2.80. The molecule has 0 saturated carbocycles. The number of nitrogens with one attached hydrogen (secondary N) is 1. The predicted octanol–water partition coefficient (Wildman–Crippen LogP) is 1.52. The third-order valence-electron chi connectivity index (χ3n) is 3.40. The van der Waals surface area contributed by atoms with Crippen molar-refractivity contribution in [3.05, 3.63) is 0 Å². The van der Waals surface area contributed by atoms with Crippen molar-refractivity contribution in [2.45, 2.75) is 46.6 Å². The van der Waals surface area contributed by atoms with Crippen molar-refractivity contribution < 1.29 is 8.42 Å². The van der Waals surface area contributed by atoms with E-state index in [0.717, 1.165) is 26.1 Å². The van der Waals surface area contributed by atoms with Crippen molar-refractivity contribution in [1.82, 2.24) is 10.2 Å². The zero-order valence-corrected chi connectivity index (χ0v) is 13.9. The minimum Gasteiger partial charge on any atom is -0.311 e.